The van der Waals surface area contributed by atoms with Crippen LogP contribution in [0.3, 0.4) is 0 Å². The van der Waals surface area contributed by atoms with E-state index in [1.165, 1.54) is 45.3 Å². The molecular weight excluding hydrogens is 210 g/mol. The van der Waals surface area contributed by atoms with Gasteiger partial charge < -0.3 is 15.1 Å². The Bertz CT molecular complexity index is 194. The van der Waals surface area contributed by atoms with Gasteiger partial charge in [-0.25, -0.2) is 0 Å². The molecule has 0 saturated carbocycles. The number of nitrogens with one attached hydrogen (secondary N) is 1. The van der Waals surface area contributed by atoms with Crippen molar-refractivity contribution in [3.8, 4) is 0 Å². The van der Waals surface area contributed by atoms with E-state index in [1.54, 1.807) is 0 Å². The Morgan fingerprint density at radius 1 is 1.35 bits per heavy atom. The summed E-state index contributed by atoms with van der Waals surface area (Å²) in [5.74, 6) is 0. The molecule has 2 atom stereocenters. The van der Waals surface area contributed by atoms with Crippen molar-refractivity contribution in [2.45, 2.75) is 51.6 Å². The minimum absolute atomic E-state index is 0.677. The van der Waals surface area contributed by atoms with Crippen LogP contribution in [0.2, 0.25) is 0 Å². The zero-order valence-corrected chi connectivity index (χ0v) is 12.2. The second kappa shape index (κ2) is 8.06. The molecule has 0 amide bonds. The number of hydrogen-bond donors (Lipinski definition) is 1. The van der Waals surface area contributed by atoms with Crippen molar-refractivity contribution in [2.75, 3.05) is 40.3 Å². The van der Waals surface area contributed by atoms with Gasteiger partial charge in [-0.15, -0.1) is 0 Å². The van der Waals surface area contributed by atoms with Crippen molar-refractivity contribution < 1.29 is 0 Å². The third kappa shape index (κ3) is 5.36. The van der Waals surface area contributed by atoms with Gasteiger partial charge in [0.2, 0.25) is 0 Å². The Morgan fingerprint density at radius 2 is 2.12 bits per heavy atom. The largest absolute Gasteiger partial charge is 0.313 e. The van der Waals surface area contributed by atoms with E-state index in [9.17, 15) is 0 Å². The lowest BCUT2D eigenvalue weighted by molar-refractivity contribution is 0.123. The maximum atomic E-state index is 3.66. The van der Waals surface area contributed by atoms with Crippen LogP contribution in [-0.4, -0.2) is 62.2 Å². The maximum absolute atomic E-state index is 3.66. The van der Waals surface area contributed by atoms with Crippen molar-refractivity contribution in [3.63, 3.8) is 0 Å². The number of likely N-dealkylation sites (N-methyl/N-ethyl adjacent to an activating group) is 1. The van der Waals surface area contributed by atoms with Gasteiger partial charge in [-0.1, -0.05) is 13.8 Å². The lowest BCUT2D eigenvalue weighted by Gasteiger charge is -2.37. The minimum Gasteiger partial charge on any atom is -0.313 e. The number of likely N-dealkylation sites (tertiary alicyclic amines) is 1. The highest BCUT2D eigenvalue weighted by molar-refractivity contribution is 4.80. The predicted octanol–water partition coefficient (Wildman–Crippen LogP) is 1.79. The van der Waals surface area contributed by atoms with E-state index in [0.717, 1.165) is 12.6 Å². The topological polar surface area (TPSA) is 18.5 Å². The average molecular weight is 241 g/mol. The third-order valence-corrected chi connectivity index (χ3v) is 3.87. The molecule has 1 aliphatic heterocycles. The molecule has 0 radical (unpaired) electrons. The van der Waals surface area contributed by atoms with Crippen LogP contribution in [0.15, 0.2) is 0 Å². The number of piperidine rings is 1. The summed E-state index contributed by atoms with van der Waals surface area (Å²) in [6.45, 7) is 9.44. The van der Waals surface area contributed by atoms with Crippen molar-refractivity contribution in [3.05, 3.63) is 0 Å². The predicted molar refractivity (Wildman–Crippen MR) is 75.5 cm³/mol. The van der Waals surface area contributed by atoms with Crippen molar-refractivity contribution in [1.82, 2.24) is 15.1 Å². The second-order valence-electron chi connectivity index (χ2n) is 5.58. The molecule has 3 heteroatoms. The fourth-order valence-electron chi connectivity index (χ4n) is 2.62. The van der Waals surface area contributed by atoms with Gasteiger partial charge in [0.25, 0.3) is 0 Å². The molecule has 0 spiro atoms. The number of nitrogens with zero attached hydrogens (tertiary/aromatic N) is 2. The summed E-state index contributed by atoms with van der Waals surface area (Å²) in [6, 6.07) is 1.43. The van der Waals surface area contributed by atoms with Gasteiger partial charge in [0, 0.05) is 25.2 Å². The first-order chi connectivity index (χ1) is 8.17. The summed E-state index contributed by atoms with van der Waals surface area (Å²) in [4.78, 5) is 5.03. The van der Waals surface area contributed by atoms with Crippen LogP contribution in [0.4, 0.5) is 0 Å². The molecule has 17 heavy (non-hydrogen) atoms. The standard InChI is InChI=1S/C14H31N3/c1-5-9-15-13(6-2)11-17-10-7-8-14(12-17)16(3)4/h13-15H,5-12H2,1-4H3. The van der Waals surface area contributed by atoms with Crippen LogP contribution in [0, 0.1) is 0 Å². The molecule has 1 fully saturated rings. The molecule has 2 unspecified atom stereocenters. The molecule has 0 aromatic carbocycles. The normalized spacial score (nSPS) is 24.2. The third-order valence-electron chi connectivity index (χ3n) is 3.87. The summed E-state index contributed by atoms with van der Waals surface area (Å²) in [6.07, 6.45) is 5.19. The van der Waals surface area contributed by atoms with E-state index in [0.29, 0.717) is 6.04 Å². The van der Waals surface area contributed by atoms with E-state index >= 15 is 0 Å². The first-order valence-corrected chi connectivity index (χ1v) is 7.29. The van der Waals surface area contributed by atoms with Crippen molar-refractivity contribution >= 4 is 0 Å². The highest BCUT2D eigenvalue weighted by Crippen LogP contribution is 2.14. The molecule has 1 rings (SSSR count). The molecule has 1 N–H and O–H groups in total. The summed E-state index contributed by atoms with van der Waals surface area (Å²) in [7, 11) is 4.42. The maximum Gasteiger partial charge on any atom is 0.0217 e. The van der Waals surface area contributed by atoms with Gasteiger partial charge in [0.15, 0.2) is 0 Å². The molecular formula is C14H31N3. The first-order valence-electron chi connectivity index (χ1n) is 7.29. The van der Waals surface area contributed by atoms with Crippen molar-refractivity contribution in [2.24, 2.45) is 0 Å². The molecule has 0 aromatic rings. The molecule has 102 valence electrons. The van der Waals surface area contributed by atoms with Gasteiger partial charge >= 0.3 is 0 Å². The molecule has 1 saturated heterocycles. The van der Waals surface area contributed by atoms with Gasteiger partial charge in [-0.2, -0.15) is 0 Å². The Hall–Kier alpha value is -0.120. The summed E-state index contributed by atoms with van der Waals surface area (Å²) < 4.78 is 0. The molecule has 0 aliphatic carbocycles. The molecule has 1 aliphatic rings. The lowest BCUT2D eigenvalue weighted by Crippen LogP contribution is -2.49. The smallest absolute Gasteiger partial charge is 0.0217 e. The summed E-state index contributed by atoms with van der Waals surface area (Å²) >= 11 is 0. The fourth-order valence-corrected chi connectivity index (χ4v) is 2.62. The molecule has 3 nitrogen and oxygen atoms in total. The Labute approximate surface area is 108 Å². The van der Waals surface area contributed by atoms with Crippen LogP contribution >= 0.6 is 0 Å². The van der Waals surface area contributed by atoms with Gasteiger partial charge in [0.05, 0.1) is 0 Å². The second-order valence-corrected chi connectivity index (χ2v) is 5.58. The Kier molecular flexibility index (Phi) is 7.09. The van der Waals surface area contributed by atoms with Crippen LogP contribution in [-0.2, 0) is 0 Å². The highest BCUT2D eigenvalue weighted by Gasteiger charge is 2.22. The van der Waals surface area contributed by atoms with Crippen LogP contribution in [0.5, 0.6) is 0 Å². The SMILES string of the molecule is CCCNC(CC)CN1CCCC(N(C)C)C1. The Balaban J connectivity index is 2.33. The highest BCUT2D eigenvalue weighted by atomic mass is 15.2. The summed E-state index contributed by atoms with van der Waals surface area (Å²) in [5, 5.41) is 3.66. The van der Waals surface area contributed by atoms with E-state index in [1.807, 2.05) is 0 Å². The van der Waals surface area contributed by atoms with Gasteiger partial charge in [0.1, 0.15) is 0 Å². The van der Waals surface area contributed by atoms with Crippen molar-refractivity contribution in [1.29, 1.82) is 0 Å². The fraction of sp³-hybridized carbons (Fsp3) is 1.00. The lowest BCUT2D eigenvalue weighted by atomic mass is 10.0. The molecule has 0 bridgehead atoms. The van der Waals surface area contributed by atoms with E-state index in [2.05, 4.69) is 43.1 Å². The van der Waals surface area contributed by atoms with Crippen LogP contribution in [0.25, 0.3) is 0 Å². The van der Waals surface area contributed by atoms with Crippen LogP contribution in [0.1, 0.15) is 39.5 Å². The summed E-state index contributed by atoms with van der Waals surface area (Å²) in [5.41, 5.74) is 0. The molecule has 1 heterocycles. The number of hydrogen-bond acceptors (Lipinski definition) is 3. The van der Waals surface area contributed by atoms with E-state index < -0.39 is 0 Å². The zero-order chi connectivity index (χ0) is 12.7. The quantitative estimate of drug-likeness (QED) is 0.733. The monoisotopic (exact) mass is 241 g/mol. The number of rotatable bonds is 7. The minimum atomic E-state index is 0.677. The average Bonchev–Trinajstić information content (AvgIpc) is 2.34. The molecule has 0 aromatic heterocycles. The van der Waals surface area contributed by atoms with Gasteiger partial charge in [-0.05, 0) is 52.9 Å². The van der Waals surface area contributed by atoms with Gasteiger partial charge in [-0.3, -0.25) is 0 Å². The van der Waals surface area contributed by atoms with Crippen LogP contribution < -0.4 is 5.32 Å². The van der Waals surface area contributed by atoms with E-state index in [-0.39, 0.29) is 0 Å². The first kappa shape index (κ1) is 14.9. The Morgan fingerprint density at radius 3 is 2.71 bits per heavy atom. The zero-order valence-electron chi connectivity index (χ0n) is 12.2. The van der Waals surface area contributed by atoms with E-state index in [4.69, 9.17) is 0 Å².